The van der Waals surface area contributed by atoms with Gasteiger partial charge in [-0.3, -0.25) is 4.79 Å². The number of hydrogen-bond acceptors (Lipinski definition) is 2. The number of carbonyl (C=O) groups excluding carboxylic acids is 1. The molecular formula is C25H48N2O. The number of likely N-dealkylation sites (tertiary alicyclic amines) is 2. The zero-order valence-corrected chi connectivity index (χ0v) is 19.7. The molecule has 164 valence electrons. The fraction of sp³-hybridized carbons (Fsp3) is 0.960. The number of hydrogen-bond donors (Lipinski definition) is 0. The second-order valence-corrected chi connectivity index (χ2v) is 10.5. The predicted molar refractivity (Wildman–Crippen MR) is 121 cm³/mol. The molecule has 3 heteroatoms. The van der Waals surface area contributed by atoms with Gasteiger partial charge in [0.15, 0.2) is 0 Å². The third kappa shape index (κ3) is 6.75. The van der Waals surface area contributed by atoms with Crippen LogP contribution in [0.2, 0.25) is 0 Å². The molecule has 0 aromatic rings. The van der Waals surface area contributed by atoms with Gasteiger partial charge in [-0.2, -0.15) is 0 Å². The van der Waals surface area contributed by atoms with Crippen LogP contribution in [0.4, 0.5) is 0 Å². The second-order valence-electron chi connectivity index (χ2n) is 10.5. The van der Waals surface area contributed by atoms with Crippen LogP contribution < -0.4 is 0 Å². The molecule has 1 atom stereocenters. The van der Waals surface area contributed by atoms with Crippen molar-refractivity contribution in [2.75, 3.05) is 32.7 Å². The minimum Gasteiger partial charge on any atom is -0.341 e. The van der Waals surface area contributed by atoms with E-state index in [0.717, 1.165) is 31.8 Å². The molecule has 1 unspecified atom stereocenters. The lowest BCUT2D eigenvalue weighted by Gasteiger charge is -2.54. The molecule has 0 saturated carbocycles. The number of nitrogens with zero attached hydrogens (tertiary/aromatic N) is 2. The molecule has 0 bridgehead atoms. The summed E-state index contributed by atoms with van der Waals surface area (Å²) in [4.78, 5) is 17.4. The lowest BCUT2D eigenvalue weighted by molar-refractivity contribution is -0.147. The van der Waals surface area contributed by atoms with Crippen molar-refractivity contribution in [2.45, 2.75) is 105 Å². The molecule has 2 saturated heterocycles. The maximum absolute atomic E-state index is 12.6. The first-order chi connectivity index (χ1) is 13.4. The molecule has 0 radical (unpaired) electrons. The molecule has 0 aromatic carbocycles. The van der Waals surface area contributed by atoms with E-state index >= 15 is 0 Å². The van der Waals surface area contributed by atoms with Crippen LogP contribution in [0.25, 0.3) is 0 Å². The summed E-state index contributed by atoms with van der Waals surface area (Å²) in [5, 5.41) is 0. The lowest BCUT2D eigenvalue weighted by atomic mass is 9.71. The number of piperidine rings is 1. The lowest BCUT2D eigenvalue weighted by Crippen LogP contribution is -2.62. The van der Waals surface area contributed by atoms with Gasteiger partial charge in [-0.05, 0) is 50.1 Å². The Morgan fingerprint density at radius 1 is 1.04 bits per heavy atom. The maximum atomic E-state index is 12.6. The predicted octanol–water partition coefficient (Wildman–Crippen LogP) is 6.12. The zero-order chi connectivity index (χ0) is 20.6. The van der Waals surface area contributed by atoms with Gasteiger partial charge in [0.2, 0.25) is 5.91 Å². The van der Waals surface area contributed by atoms with Gasteiger partial charge < -0.3 is 9.80 Å². The Labute approximate surface area is 175 Å². The third-order valence-corrected chi connectivity index (χ3v) is 8.09. The van der Waals surface area contributed by atoms with Crippen molar-refractivity contribution >= 4 is 5.91 Å². The normalized spacial score (nSPS) is 21.0. The van der Waals surface area contributed by atoms with Crippen molar-refractivity contribution in [1.29, 1.82) is 0 Å². The fourth-order valence-corrected chi connectivity index (χ4v) is 5.09. The van der Waals surface area contributed by atoms with Crippen LogP contribution in [0.3, 0.4) is 0 Å². The molecule has 3 nitrogen and oxygen atoms in total. The summed E-state index contributed by atoms with van der Waals surface area (Å²) in [6.07, 6.45) is 13.6. The summed E-state index contributed by atoms with van der Waals surface area (Å²) in [5.74, 6) is 1.23. The smallest absolute Gasteiger partial charge is 0.222 e. The molecular weight excluding hydrogens is 344 g/mol. The summed E-state index contributed by atoms with van der Waals surface area (Å²) in [5.41, 5.74) is 0.798. The van der Waals surface area contributed by atoms with Gasteiger partial charge in [0.25, 0.3) is 0 Å². The standard InChI is InChI=1S/C25H48N2O/c1-6-9-10-11-12-22(4)19-26-17-15-25(16-18-26)20-27(21-25)23(28)13-14-24(5,7-2)8-3/h22H,6-21H2,1-5H3. The number of rotatable bonds is 12. The molecule has 2 aliphatic heterocycles. The summed E-state index contributed by atoms with van der Waals surface area (Å²) in [7, 11) is 0. The van der Waals surface area contributed by atoms with Crippen molar-refractivity contribution in [1.82, 2.24) is 9.80 Å². The van der Waals surface area contributed by atoms with Gasteiger partial charge in [0.05, 0.1) is 0 Å². The van der Waals surface area contributed by atoms with Gasteiger partial charge in [0.1, 0.15) is 0 Å². The van der Waals surface area contributed by atoms with E-state index in [9.17, 15) is 4.79 Å². The zero-order valence-electron chi connectivity index (χ0n) is 19.7. The van der Waals surface area contributed by atoms with Crippen molar-refractivity contribution in [3.05, 3.63) is 0 Å². The molecule has 1 spiro atoms. The van der Waals surface area contributed by atoms with E-state index in [-0.39, 0.29) is 0 Å². The highest BCUT2D eigenvalue weighted by Crippen LogP contribution is 2.41. The molecule has 28 heavy (non-hydrogen) atoms. The minimum absolute atomic E-state index is 0.344. The van der Waals surface area contributed by atoms with Crippen molar-refractivity contribution in [3.63, 3.8) is 0 Å². The topological polar surface area (TPSA) is 23.6 Å². The minimum atomic E-state index is 0.344. The van der Waals surface area contributed by atoms with Crippen LogP contribution in [-0.4, -0.2) is 48.4 Å². The van der Waals surface area contributed by atoms with Gasteiger partial charge in [0, 0.05) is 31.5 Å². The number of amides is 1. The van der Waals surface area contributed by atoms with Gasteiger partial charge in [-0.25, -0.2) is 0 Å². The Morgan fingerprint density at radius 2 is 1.68 bits per heavy atom. The van der Waals surface area contributed by atoms with Crippen LogP contribution >= 0.6 is 0 Å². The SMILES string of the molecule is CCCCCCC(C)CN1CCC2(CC1)CN(C(=O)CCC(C)(CC)CC)C2. The van der Waals surface area contributed by atoms with Crippen molar-refractivity contribution in [2.24, 2.45) is 16.7 Å². The molecule has 2 heterocycles. The molecule has 2 rings (SSSR count). The van der Waals surface area contributed by atoms with E-state index in [2.05, 4.69) is 44.4 Å². The first kappa shape index (κ1) is 23.7. The maximum Gasteiger partial charge on any atom is 0.222 e. The Hall–Kier alpha value is -0.570. The van der Waals surface area contributed by atoms with E-state index in [1.54, 1.807) is 0 Å². The van der Waals surface area contributed by atoms with Gasteiger partial charge in [-0.1, -0.05) is 73.1 Å². The third-order valence-electron chi connectivity index (χ3n) is 8.09. The van der Waals surface area contributed by atoms with Crippen LogP contribution in [0.5, 0.6) is 0 Å². The Bertz CT molecular complexity index is 455. The molecule has 0 N–H and O–H groups in total. The number of carbonyl (C=O) groups is 1. The van der Waals surface area contributed by atoms with Crippen molar-refractivity contribution in [3.8, 4) is 0 Å². The highest BCUT2D eigenvalue weighted by molar-refractivity contribution is 5.77. The molecule has 0 aliphatic carbocycles. The Morgan fingerprint density at radius 3 is 2.25 bits per heavy atom. The first-order valence-electron chi connectivity index (χ1n) is 12.4. The molecule has 1 amide bonds. The average molecular weight is 393 g/mol. The first-order valence-corrected chi connectivity index (χ1v) is 12.4. The van der Waals surface area contributed by atoms with Crippen LogP contribution in [-0.2, 0) is 4.79 Å². The van der Waals surface area contributed by atoms with E-state index in [1.165, 1.54) is 77.4 Å². The summed E-state index contributed by atoms with van der Waals surface area (Å²) >= 11 is 0. The molecule has 2 aliphatic rings. The Balaban J connectivity index is 1.63. The van der Waals surface area contributed by atoms with Crippen LogP contribution in [0.15, 0.2) is 0 Å². The van der Waals surface area contributed by atoms with Gasteiger partial charge in [-0.15, -0.1) is 0 Å². The summed E-state index contributed by atoms with van der Waals surface area (Å²) < 4.78 is 0. The largest absolute Gasteiger partial charge is 0.341 e. The summed E-state index contributed by atoms with van der Waals surface area (Å²) in [6.45, 7) is 17.4. The molecule has 2 fully saturated rings. The van der Waals surface area contributed by atoms with E-state index in [1.807, 2.05) is 0 Å². The fourth-order valence-electron chi connectivity index (χ4n) is 5.09. The van der Waals surface area contributed by atoms with E-state index in [0.29, 0.717) is 16.7 Å². The Kier molecular flexibility index (Phi) is 9.31. The van der Waals surface area contributed by atoms with E-state index < -0.39 is 0 Å². The quantitative estimate of drug-likeness (QED) is 0.373. The van der Waals surface area contributed by atoms with Gasteiger partial charge >= 0.3 is 0 Å². The number of unbranched alkanes of at least 4 members (excludes halogenated alkanes) is 3. The van der Waals surface area contributed by atoms with E-state index in [4.69, 9.17) is 0 Å². The van der Waals surface area contributed by atoms with Crippen LogP contribution in [0, 0.1) is 16.7 Å². The van der Waals surface area contributed by atoms with Crippen molar-refractivity contribution < 1.29 is 4.79 Å². The monoisotopic (exact) mass is 392 g/mol. The summed E-state index contributed by atoms with van der Waals surface area (Å²) in [6, 6.07) is 0. The average Bonchev–Trinajstić information content (AvgIpc) is 2.68. The highest BCUT2D eigenvalue weighted by Gasteiger charge is 2.46. The van der Waals surface area contributed by atoms with Crippen LogP contribution in [0.1, 0.15) is 105 Å². The second kappa shape index (κ2) is 11.0. The highest BCUT2D eigenvalue weighted by atomic mass is 16.2. The molecule has 0 aromatic heterocycles.